The van der Waals surface area contributed by atoms with E-state index in [1.807, 2.05) is 0 Å². The second-order valence-electron chi connectivity index (χ2n) is 18.9. The third-order valence-corrected chi connectivity index (χ3v) is 19.6. The molecule has 0 aliphatic heterocycles. The van der Waals surface area contributed by atoms with E-state index in [9.17, 15) is 0 Å². The molecule has 0 radical (unpaired) electrons. The molecule has 11 aromatic carbocycles. The number of fused-ring (bicyclic) bond motifs is 3. The summed E-state index contributed by atoms with van der Waals surface area (Å²) in [4.78, 5) is 2.49. The summed E-state index contributed by atoms with van der Waals surface area (Å²) in [5.41, 5.74) is 11.9. The predicted molar refractivity (Wildman–Crippen MR) is 292 cm³/mol. The molecule has 3 heteroatoms. The fourth-order valence-electron chi connectivity index (χ4n) is 11.7. The normalized spacial score (nSPS) is 13.0. The van der Waals surface area contributed by atoms with Crippen molar-refractivity contribution in [2.45, 2.75) is 19.3 Å². The van der Waals surface area contributed by atoms with Crippen LogP contribution in [-0.2, 0) is 5.41 Å². The van der Waals surface area contributed by atoms with Crippen LogP contribution in [0.2, 0.25) is 0 Å². The number of nitrogens with zero attached hydrogens (tertiary/aromatic N) is 2. The first-order chi connectivity index (χ1) is 33.5. The zero-order valence-corrected chi connectivity index (χ0v) is 39.1. The Balaban J connectivity index is 1.09. The fourth-order valence-corrected chi connectivity index (χ4v) is 16.5. The summed E-state index contributed by atoms with van der Waals surface area (Å²) >= 11 is 0. The van der Waals surface area contributed by atoms with Gasteiger partial charge in [-0.3, -0.25) is 0 Å². The van der Waals surface area contributed by atoms with Crippen LogP contribution in [0, 0.1) is 0 Å². The van der Waals surface area contributed by atoms with Gasteiger partial charge in [-0.15, -0.1) is 0 Å². The lowest BCUT2D eigenvalue weighted by Gasteiger charge is -2.34. The standard InChI is InChI=1S/C65H48N2Si/c1-65(2)59-30-18-21-47-31-32-48-41-52(43-60(65)64(48)63(47)59)66(50-35-33-46(34-36-50)45-19-8-3-9-20-45)51-37-39-61-57(42-51)58-44-56(38-40-62(58)67(61)49-22-10-4-11-23-49)68(53-24-12-5-13-25-53,54-26-14-6-15-27-54)55-28-16-7-17-29-55/h3-44H,1-2H3. The summed E-state index contributed by atoms with van der Waals surface area (Å²) in [6.07, 6.45) is 0. The van der Waals surface area contributed by atoms with E-state index >= 15 is 0 Å². The fraction of sp³-hybridized carbons (Fsp3) is 0.0462. The smallest absolute Gasteiger partial charge is 0.179 e. The van der Waals surface area contributed by atoms with Crippen LogP contribution in [-0.4, -0.2) is 12.6 Å². The molecule has 1 aromatic heterocycles. The van der Waals surface area contributed by atoms with Gasteiger partial charge in [0.2, 0.25) is 0 Å². The highest BCUT2D eigenvalue weighted by molar-refractivity contribution is 7.20. The van der Waals surface area contributed by atoms with Crippen molar-refractivity contribution in [3.05, 3.63) is 266 Å². The van der Waals surface area contributed by atoms with Crippen LogP contribution in [0.15, 0.2) is 255 Å². The number of rotatable bonds is 9. The summed E-state index contributed by atoms with van der Waals surface area (Å²) in [6, 6.07) is 95.3. The molecule has 0 saturated carbocycles. The Hall–Kier alpha value is -8.24. The van der Waals surface area contributed by atoms with Crippen molar-refractivity contribution in [2.24, 2.45) is 0 Å². The van der Waals surface area contributed by atoms with Gasteiger partial charge in [-0.25, -0.2) is 0 Å². The zero-order chi connectivity index (χ0) is 45.4. The van der Waals surface area contributed by atoms with Crippen molar-refractivity contribution in [3.8, 4) is 16.8 Å². The molecule has 0 N–H and O–H groups in total. The van der Waals surface area contributed by atoms with Gasteiger partial charge in [0.1, 0.15) is 0 Å². The Labute approximate surface area is 398 Å². The third-order valence-electron chi connectivity index (χ3n) is 14.9. The Morgan fingerprint density at radius 2 is 0.868 bits per heavy atom. The Kier molecular flexibility index (Phi) is 9.25. The average Bonchev–Trinajstić information content (AvgIpc) is 3.85. The molecule has 0 amide bonds. The largest absolute Gasteiger partial charge is 0.310 e. The lowest BCUT2D eigenvalue weighted by atomic mass is 9.81. The summed E-state index contributed by atoms with van der Waals surface area (Å²) in [6.45, 7) is 4.79. The second-order valence-corrected chi connectivity index (χ2v) is 22.7. The molecule has 0 unspecified atom stereocenters. The SMILES string of the molecule is CC1(C)c2cccc3ccc4cc(N(c5ccc(-c6ccccc6)cc5)c5ccc6c(c5)c5cc([Si](c7ccccc7)(c7ccccc7)c7ccccc7)ccc5n6-c5ccccc5)cc1c4c23. The molecule has 68 heavy (non-hydrogen) atoms. The maximum Gasteiger partial charge on any atom is 0.179 e. The highest BCUT2D eigenvalue weighted by atomic mass is 28.3. The van der Waals surface area contributed by atoms with Crippen LogP contribution in [0.25, 0.3) is 60.2 Å². The Morgan fingerprint density at radius 1 is 0.353 bits per heavy atom. The number of anilines is 3. The van der Waals surface area contributed by atoms with Crippen LogP contribution in [0.4, 0.5) is 17.1 Å². The van der Waals surface area contributed by atoms with Crippen LogP contribution in [0.5, 0.6) is 0 Å². The van der Waals surface area contributed by atoms with E-state index in [0.29, 0.717) is 0 Å². The van der Waals surface area contributed by atoms with E-state index in [-0.39, 0.29) is 5.41 Å². The van der Waals surface area contributed by atoms with Gasteiger partial charge in [-0.1, -0.05) is 208 Å². The third kappa shape index (κ3) is 6.09. The van der Waals surface area contributed by atoms with Crippen LogP contribution < -0.4 is 25.6 Å². The first kappa shape index (κ1) is 40.1. The van der Waals surface area contributed by atoms with E-state index in [1.165, 1.54) is 86.4 Å². The second kappa shape index (κ2) is 15.7. The molecule has 0 spiro atoms. The van der Waals surface area contributed by atoms with Crippen molar-refractivity contribution in [2.75, 3.05) is 4.90 Å². The number of para-hydroxylation sites is 1. The van der Waals surface area contributed by atoms with E-state index in [0.717, 1.165) is 22.7 Å². The molecular formula is C65H48N2Si. The lowest BCUT2D eigenvalue weighted by Crippen LogP contribution is -2.74. The molecule has 0 saturated heterocycles. The molecule has 322 valence electrons. The maximum atomic E-state index is 2.54. The first-order valence-electron chi connectivity index (χ1n) is 23.8. The van der Waals surface area contributed by atoms with Crippen LogP contribution >= 0.6 is 0 Å². The summed E-state index contributed by atoms with van der Waals surface area (Å²) in [7, 11) is -2.83. The van der Waals surface area contributed by atoms with Gasteiger partial charge in [-0.05, 0) is 125 Å². The van der Waals surface area contributed by atoms with Crippen molar-refractivity contribution in [1.82, 2.24) is 4.57 Å². The summed E-state index contributed by atoms with van der Waals surface area (Å²) < 4.78 is 2.45. The molecule has 13 rings (SSSR count). The van der Waals surface area contributed by atoms with Gasteiger partial charge < -0.3 is 9.47 Å². The molecule has 2 nitrogen and oxygen atoms in total. The lowest BCUT2D eigenvalue weighted by molar-refractivity contribution is 0.663. The van der Waals surface area contributed by atoms with Gasteiger partial charge in [0, 0.05) is 38.9 Å². The molecular weight excluding hydrogens is 837 g/mol. The Bertz CT molecular complexity index is 3750. The van der Waals surface area contributed by atoms with E-state index in [4.69, 9.17) is 0 Å². The monoisotopic (exact) mass is 884 g/mol. The quantitative estimate of drug-likeness (QED) is 0.0796. The summed E-state index contributed by atoms with van der Waals surface area (Å²) in [5, 5.41) is 13.2. The van der Waals surface area contributed by atoms with Gasteiger partial charge in [0.15, 0.2) is 8.07 Å². The van der Waals surface area contributed by atoms with E-state index in [2.05, 4.69) is 278 Å². The highest BCUT2D eigenvalue weighted by Gasteiger charge is 2.42. The van der Waals surface area contributed by atoms with Gasteiger partial charge >= 0.3 is 0 Å². The topological polar surface area (TPSA) is 8.17 Å². The minimum atomic E-state index is -2.83. The van der Waals surface area contributed by atoms with Crippen molar-refractivity contribution < 1.29 is 0 Å². The molecule has 0 bridgehead atoms. The zero-order valence-electron chi connectivity index (χ0n) is 38.1. The van der Waals surface area contributed by atoms with Gasteiger partial charge in [0.25, 0.3) is 0 Å². The first-order valence-corrected chi connectivity index (χ1v) is 25.8. The Morgan fingerprint density at radius 3 is 1.50 bits per heavy atom. The molecule has 12 aromatic rings. The molecule has 1 aliphatic carbocycles. The average molecular weight is 885 g/mol. The summed E-state index contributed by atoms with van der Waals surface area (Å²) in [5.74, 6) is 0. The van der Waals surface area contributed by atoms with Crippen LogP contribution in [0.3, 0.4) is 0 Å². The molecule has 0 fully saturated rings. The molecule has 1 aliphatic rings. The van der Waals surface area contributed by atoms with E-state index in [1.54, 1.807) is 0 Å². The van der Waals surface area contributed by atoms with E-state index < -0.39 is 8.07 Å². The maximum absolute atomic E-state index is 2.83. The van der Waals surface area contributed by atoms with Crippen molar-refractivity contribution in [3.63, 3.8) is 0 Å². The number of benzene rings is 11. The minimum absolute atomic E-state index is 0.156. The number of hydrogen-bond donors (Lipinski definition) is 0. The molecule has 1 heterocycles. The van der Waals surface area contributed by atoms with Crippen LogP contribution in [0.1, 0.15) is 25.0 Å². The minimum Gasteiger partial charge on any atom is -0.310 e. The number of hydrogen-bond acceptors (Lipinski definition) is 1. The highest BCUT2D eigenvalue weighted by Crippen LogP contribution is 2.51. The van der Waals surface area contributed by atoms with Crippen molar-refractivity contribution >= 4 is 89.2 Å². The van der Waals surface area contributed by atoms with Gasteiger partial charge in [-0.2, -0.15) is 0 Å². The molecule has 0 atom stereocenters. The van der Waals surface area contributed by atoms with Gasteiger partial charge in [0.05, 0.1) is 11.0 Å². The van der Waals surface area contributed by atoms with Crippen molar-refractivity contribution in [1.29, 1.82) is 0 Å². The predicted octanol–water partition coefficient (Wildman–Crippen LogP) is 14.2. The number of aromatic nitrogens is 1.